The lowest BCUT2D eigenvalue weighted by atomic mass is 10.1. The highest BCUT2D eigenvalue weighted by Gasteiger charge is 2.20. The molecule has 4 rings (SSSR count). The van der Waals surface area contributed by atoms with E-state index in [0.29, 0.717) is 27.3 Å². The lowest BCUT2D eigenvalue weighted by molar-refractivity contribution is 0.100. The minimum atomic E-state index is -0.546. The van der Waals surface area contributed by atoms with Gasteiger partial charge in [0.25, 0.3) is 5.91 Å². The van der Waals surface area contributed by atoms with Crippen molar-refractivity contribution in [2.24, 2.45) is 5.73 Å². The number of carbonyl (C=O) groups excluding carboxylic acids is 1. The minimum absolute atomic E-state index is 0.231. The number of nitrogens with two attached hydrogens (primary N) is 1. The summed E-state index contributed by atoms with van der Waals surface area (Å²) < 4.78 is 1.90. The Morgan fingerprint density at radius 3 is 2.81 bits per heavy atom. The maximum Gasteiger partial charge on any atom is 0.251 e. The van der Waals surface area contributed by atoms with E-state index in [1.54, 1.807) is 18.3 Å². The lowest BCUT2D eigenvalue weighted by Gasteiger charge is -2.10. The maximum absolute atomic E-state index is 12.0. The summed E-state index contributed by atoms with van der Waals surface area (Å²) in [6, 6.07) is 12.9. The maximum atomic E-state index is 12.0. The zero-order valence-electron chi connectivity index (χ0n) is 13.7. The molecule has 26 heavy (non-hydrogen) atoms. The largest absolute Gasteiger partial charge is 0.366 e. The molecule has 0 saturated heterocycles. The van der Waals surface area contributed by atoms with Crippen LogP contribution in [0, 0.1) is 18.3 Å². The van der Waals surface area contributed by atoms with Crippen LogP contribution in [0.15, 0.2) is 42.6 Å². The normalized spacial score (nSPS) is 11.0. The predicted octanol–water partition coefficient (Wildman–Crippen LogP) is 3.51. The molecule has 6 nitrogen and oxygen atoms in total. The molecule has 3 heterocycles. The van der Waals surface area contributed by atoms with E-state index in [-0.39, 0.29) is 5.69 Å². The Balaban J connectivity index is 2.05. The van der Waals surface area contributed by atoms with Gasteiger partial charge in [0.05, 0.1) is 22.8 Å². The molecule has 0 unspecified atom stereocenters. The van der Waals surface area contributed by atoms with Crippen LogP contribution in [-0.2, 0) is 0 Å². The van der Waals surface area contributed by atoms with Crippen molar-refractivity contribution in [3.05, 3.63) is 64.7 Å². The third-order valence-electron chi connectivity index (χ3n) is 4.35. The molecule has 0 atom stereocenters. The lowest BCUT2D eigenvalue weighted by Crippen LogP contribution is -2.12. The fourth-order valence-corrected chi connectivity index (χ4v) is 3.40. The van der Waals surface area contributed by atoms with E-state index >= 15 is 0 Å². The zero-order chi connectivity index (χ0) is 18.4. The van der Waals surface area contributed by atoms with Crippen LogP contribution in [0.3, 0.4) is 0 Å². The number of benzene rings is 1. The second-order valence-corrected chi connectivity index (χ2v) is 6.26. The summed E-state index contributed by atoms with van der Waals surface area (Å²) in [5.74, 6) is -0.546. The van der Waals surface area contributed by atoms with Gasteiger partial charge in [0.15, 0.2) is 0 Å². The molecule has 0 aliphatic carbocycles. The summed E-state index contributed by atoms with van der Waals surface area (Å²) in [4.78, 5) is 20.4. The first-order chi connectivity index (χ1) is 12.5. The number of carbonyl (C=O) groups is 1. The van der Waals surface area contributed by atoms with Gasteiger partial charge >= 0.3 is 0 Å². The van der Waals surface area contributed by atoms with Crippen LogP contribution in [0.4, 0.5) is 0 Å². The number of hydrogen-bond acceptors (Lipinski definition) is 4. The monoisotopic (exact) mass is 361 g/mol. The van der Waals surface area contributed by atoms with Crippen molar-refractivity contribution in [2.75, 3.05) is 0 Å². The number of rotatable bonds is 2. The summed E-state index contributed by atoms with van der Waals surface area (Å²) >= 11 is 5.94. The molecule has 1 amide bonds. The third-order valence-corrected chi connectivity index (χ3v) is 4.56. The first-order valence-electron chi connectivity index (χ1n) is 7.77. The van der Waals surface area contributed by atoms with Crippen LogP contribution in [0.25, 0.3) is 27.5 Å². The number of nitriles is 1. The Morgan fingerprint density at radius 1 is 1.27 bits per heavy atom. The van der Waals surface area contributed by atoms with Crippen LogP contribution in [0.1, 0.15) is 21.7 Å². The Bertz CT molecular complexity index is 1250. The number of primary amides is 1. The molecule has 7 heteroatoms. The second kappa shape index (κ2) is 5.83. The quantitative estimate of drug-likeness (QED) is 0.552. The number of halogens is 1. The molecular formula is C19H12ClN5O. The van der Waals surface area contributed by atoms with Gasteiger partial charge in [-0.05, 0) is 43.3 Å². The average Bonchev–Trinajstić information content (AvgIpc) is 2.92. The van der Waals surface area contributed by atoms with Crippen molar-refractivity contribution >= 4 is 39.3 Å². The Morgan fingerprint density at radius 2 is 2.08 bits per heavy atom. The van der Waals surface area contributed by atoms with Gasteiger partial charge in [-0.15, -0.1) is 0 Å². The third kappa shape index (κ3) is 2.38. The van der Waals surface area contributed by atoms with Crippen molar-refractivity contribution in [1.29, 1.82) is 5.26 Å². The van der Waals surface area contributed by atoms with Gasteiger partial charge in [-0.3, -0.25) is 4.79 Å². The SMILES string of the molecule is Cc1c(C(N)=O)c2cc(C#N)ncc2n1-c1ccc2nc(Cl)ccc2c1. The molecular weight excluding hydrogens is 350 g/mol. The Hall–Kier alpha value is -3.43. The van der Waals surface area contributed by atoms with Crippen molar-refractivity contribution in [3.63, 3.8) is 0 Å². The van der Waals surface area contributed by atoms with Gasteiger partial charge in [0.1, 0.15) is 16.9 Å². The number of aromatic nitrogens is 3. The number of nitrogens with zero attached hydrogens (tertiary/aromatic N) is 4. The van der Waals surface area contributed by atoms with Crippen molar-refractivity contribution in [3.8, 4) is 11.8 Å². The van der Waals surface area contributed by atoms with Gasteiger partial charge in [-0.2, -0.15) is 5.26 Å². The van der Waals surface area contributed by atoms with Gasteiger partial charge in [-0.25, -0.2) is 9.97 Å². The van der Waals surface area contributed by atoms with Crippen molar-refractivity contribution in [1.82, 2.24) is 14.5 Å². The first kappa shape index (κ1) is 16.1. The van der Waals surface area contributed by atoms with Gasteiger partial charge in [0.2, 0.25) is 0 Å². The van der Waals surface area contributed by atoms with Crippen LogP contribution < -0.4 is 5.73 Å². The summed E-state index contributed by atoms with van der Waals surface area (Å²) in [6.07, 6.45) is 1.58. The standard InChI is InChI=1S/C19H12ClN5O/c1-10-18(19(22)26)14-7-12(8-21)23-9-16(14)25(10)13-3-4-15-11(6-13)2-5-17(20)24-15/h2-7,9H,1H3,(H2,22,26). The van der Waals surface area contributed by atoms with Gasteiger partial charge in [0, 0.05) is 22.2 Å². The van der Waals surface area contributed by atoms with Gasteiger partial charge < -0.3 is 10.3 Å². The number of amides is 1. The van der Waals surface area contributed by atoms with Crippen molar-refractivity contribution in [2.45, 2.75) is 6.92 Å². The highest BCUT2D eigenvalue weighted by atomic mass is 35.5. The smallest absolute Gasteiger partial charge is 0.251 e. The van der Waals surface area contributed by atoms with E-state index < -0.39 is 5.91 Å². The molecule has 1 aromatic carbocycles. The summed E-state index contributed by atoms with van der Waals surface area (Å²) in [7, 11) is 0. The molecule has 3 aromatic heterocycles. The summed E-state index contributed by atoms with van der Waals surface area (Å²) in [5.41, 5.74) is 9.20. The number of hydrogen-bond donors (Lipinski definition) is 1. The number of fused-ring (bicyclic) bond motifs is 2. The summed E-state index contributed by atoms with van der Waals surface area (Å²) in [6.45, 7) is 1.82. The fourth-order valence-electron chi connectivity index (χ4n) is 3.25. The van der Waals surface area contributed by atoms with Crippen LogP contribution in [0.5, 0.6) is 0 Å². The van der Waals surface area contributed by atoms with Crippen LogP contribution in [0.2, 0.25) is 5.15 Å². The van der Waals surface area contributed by atoms with Crippen LogP contribution in [-0.4, -0.2) is 20.4 Å². The molecule has 4 aromatic rings. The van der Waals surface area contributed by atoms with Crippen LogP contribution >= 0.6 is 11.6 Å². The molecule has 0 aliphatic heterocycles. The van der Waals surface area contributed by atoms with E-state index in [1.165, 1.54) is 0 Å². The van der Waals surface area contributed by atoms with E-state index in [9.17, 15) is 4.79 Å². The molecule has 0 fully saturated rings. The fraction of sp³-hybridized carbons (Fsp3) is 0.0526. The molecule has 126 valence electrons. The van der Waals surface area contributed by atoms with E-state index in [0.717, 1.165) is 16.6 Å². The molecule has 0 aliphatic rings. The topological polar surface area (TPSA) is 97.6 Å². The zero-order valence-corrected chi connectivity index (χ0v) is 14.4. The second-order valence-electron chi connectivity index (χ2n) is 5.87. The molecule has 2 N–H and O–H groups in total. The highest BCUT2D eigenvalue weighted by molar-refractivity contribution is 6.29. The van der Waals surface area contributed by atoms with E-state index in [2.05, 4.69) is 9.97 Å². The van der Waals surface area contributed by atoms with Gasteiger partial charge in [-0.1, -0.05) is 11.6 Å². The predicted molar refractivity (Wildman–Crippen MR) is 99.4 cm³/mol. The Labute approximate surface area is 153 Å². The Kier molecular flexibility index (Phi) is 3.60. The first-order valence-corrected chi connectivity index (χ1v) is 8.15. The minimum Gasteiger partial charge on any atom is -0.366 e. The molecule has 0 spiro atoms. The van der Waals surface area contributed by atoms with E-state index in [1.807, 2.05) is 41.8 Å². The van der Waals surface area contributed by atoms with E-state index in [4.69, 9.17) is 22.6 Å². The molecule has 0 saturated carbocycles. The highest BCUT2D eigenvalue weighted by Crippen LogP contribution is 2.30. The summed E-state index contributed by atoms with van der Waals surface area (Å²) in [5, 5.41) is 11.1. The average molecular weight is 362 g/mol. The number of pyridine rings is 2. The molecule has 0 bridgehead atoms. The van der Waals surface area contributed by atoms with Crippen molar-refractivity contribution < 1.29 is 4.79 Å². The molecule has 0 radical (unpaired) electrons.